The topological polar surface area (TPSA) is 54.0 Å². The second kappa shape index (κ2) is 3.47. The molecule has 0 radical (unpaired) electrons. The van der Waals surface area contributed by atoms with Crippen LogP contribution in [0.2, 0.25) is 0 Å². The van der Waals surface area contributed by atoms with Gasteiger partial charge in [-0.1, -0.05) is 0 Å². The molecular formula is C8H7N3OS2. The molecule has 2 N–H and O–H groups in total. The van der Waals surface area contributed by atoms with E-state index in [1.54, 1.807) is 17.4 Å². The minimum atomic E-state index is -0.208. The fourth-order valence-corrected chi connectivity index (χ4v) is 1.85. The normalized spacial score (nSPS) is 18.5. The van der Waals surface area contributed by atoms with E-state index < -0.39 is 0 Å². The Balaban J connectivity index is 2.27. The molecule has 14 heavy (non-hydrogen) atoms. The van der Waals surface area contributed by atoms with Crippen LogP contribution in [0.5, 0.6) is 0 Å². The van der Waals surface area contributed by atoms with Gasteiger partial charge < -0.3 is 5.32 Å². The molecule has 1 amide bonds. The first kappa shape index (κ1) is 9.29. The summed E-state index contributed by atoms with van der Waals surface area (Å²) in [6.45, 7) is 1.92. The molecule has 1 aliphatic rings. The standard InChI is InChI=1S/C8H7N3OS2/c1-4-9-5(3-14-4)2-6-7(12)11-8(13)10-6/h2-3H,1H3,(H2,10,11,12,13)/b6-2-. The van der Waals surface area contributed by atoms with Gasteiger partial charge in [-0.2, -0.15) is 0 Å². The summed E-state index contributed by atoms with van der Waals surface area (Å²) in [5.41, 5.74) is 1.22. The summed E-state index contributed by atoms with van der Waals surface area (Å²) in [5, 5.41) is 8.44. The van der Waals surface area contributed by atoms with Gasteiger partial charge in [-0.05, 0) is 25.2 Å². The number of rotatable bonds is 1. The van der Waals surface area contributed by atoms with Crippen LogP contribution in [0, 0.1) is 6.92 Å². The lowest BCUT2D eigenvalue weighted by Crippen LogP contribution is -2.21. The molecule has 4 nitrogen and oxygen atoms in total. The van der Waals surface area contributed by atoms with Crippen molar-refractivity contribution in [2.75, 3.05) is 0 Å². The summed E-state index contributed by atoms with van der Waals surface area (Å²) >= 11 is 6.33. The van der Waals surface area contributed by atoms with Crippen molar-refractivity contribution >= 4 is 40.7 Å². The average molecular weight is 225 g/mol. The highest BCUT2D eigenvalue weighted by molar-refractivity contribution is 7.80. The van der Waals surface area contributed by atoms with E-state index in [1.165, 1.54) is 0 Å². The molecule has 0 unspecified atom stereocenters. The first-order valence-corrected chi connectivity index (χ1v) is 5.20. The predicted octanol–water partition coefficient (Wildman–Crippen LogP) is 0.797. The van der Waals surface area contributed by atoms with E-state index in [4.69, 9.17) is 12.2 Å². The quantitative estimate of drug-likeness (QED) is 0.548. The van der Waals surface area contributed by atoms with E-state index in [-0.39, 0.29) is 5.91 Å². The van der Waals surface area contributed by atoms with Crippen molar-refractivity contribution < 1.29 is 4.79 Å². The van der Waals surface area contributed by atoms with Crippen LogP contribution < -0.4 is 10.6 Å². The number of carbonyl (C=O) groups excluding carboxylic acids is 1. The zero-order valence-corrected chi connectivity index (χ0v) is 8.96. The lowest BCUT2D eigenvalue weighted by Gasteiger charge is -1.91. The van der Waals surface area contributed by atoms with Crippen LogP contribution >= 0.6 is 23.6 Å². The van der Waals surface area contributed by atoms with Gasteiger partial charge in [0.2, 0.25) is 0 Å². The number of thiazole rings is 1. The maximum Gasteiger partial charge on any atom is 0.273 e. The molecule has 0 aliphatic carbocycles. The Bertz CT molecular complexity index is 436. The number of amides is 1. The number of nitrogens with one attached hydrogen (secondary N) is 2. The molecule has 0 atom stereocenters. The molecule has 0 saturated carbocycles. The largest absolute Gasteiger partial charge is 0.328 e. The molecule has 1 fully saturated rings. The van der Waals surface area contributed by atoms with Gasteiger partial charge >= 0.3 is 0 Å². The number of thiocarbonyl (C=S) groups is 1. The molecule has 6 heteroatoms. The van der Waals surface area contributed by atoms with Gasteiger partial charge in [0.15, 0.2) is 5.11 Å². The van der Waals surface area contributed by atoms with Crippen molar-refractivity contribution in [3.63, 3.8) is 0 Å². The molecule has 1 aromatic rings. The molecule has 1 aliphatic heterocycles. The number of carbonyl (C=O) groups is 1. The van der Waals surface area contributed by atoms with Gasteiger partial charge in [-0.25, -0.2) is 4.98 Å². The fraction of sp³-hybridized carbons (Fsp3) is 0.125. The van der Waals surface area contributed by atoms with Gasteiger partial charge in [0, 0.05) is 5.38 Å². The molecule has 2 heterocycles. The first-order valence-electron chi connectivity index (χ1n) is 3.91. The highest BCUT2D eigenvalue weighted by atomic mass is 32.1. The lowest BCUT2D eigenvalue weighted by molar-refractivity contribution is -0.115. The zero-order chi connectivity index (χ0) is 10.1. The number of hydrogen-bond donors (Lipinski definition) is 2. The van der Waals surface area contributed by atoms with E-state index in [1.807, 2.05) is 12.3 Å². The maximum absolute atomic E-state index is 11.2. The van der Waals surface area contributed by atoms with Crippen molar-refractivity contribution in [1.29, 1.82) is 0 Å². The Hall–Kier alpha value is -1.27. The summed E-state index contributed by atoms with van der Waals surface area (Å²) in [6.07, 6.45) is 1.68. The number of aromatic nitrogens is 1. The summed E-state index contributed by atoms with van der Waals surface area (Å²) in [7, 11) is 0. The van der Waals surface area contributed by atoms with Crippen LogP contribution in [0.25, 0.3) is 6.08 Å². The van der Waals surface area contributed by atoms with Gasteiger partial charge in [0.1, 0.15) is 5.70 Å². The van der Waals surface area contributed by atoms with E-state index in [0.717, 1.165) is 10.7 Å². The van der Waals surface area contributed by atoms with Crippen LogP contribution in [0.1, 0.15) is 10.7 Å². The molecule has 1 aromatic heterocycles. The van der Waals surface area contributed by atoms with Gasteiger partial charge in [-0.3, -0.25) is 10.1 Å². The fourth-order valence-electron chi connectivity index (χ4n) is 1.08. The third kappa shape index (κ3) is 1.80. The monoisotopic (exact) mass is 225 g/mol. The molecule has 1 saturated heterocycles. The Morgan fingerprint density at radius 1 is 1.57 bits per heavy atom. The molecule has 0 bridgehead atoms. The summed E-state index contributed by atoms with van der Waals surface area (Å²) in [6, 6.07) is 0. The van der Waals surface area contributed by atoms with E-state index >= 15 is 0 Å². The molecular weight excluding hydrogens is 218 g/mol. The third-order valence-corrected chi connectivity index (χ3v) is 2.64. The van der Waals surface area contributed by atoms with Gasteiger partial charge in [-0.15, -0.1) is 11.3 Å². The Morgan fingerprint density at radius 3 is 2.86 bits per heavy atom. The molecule has 72 valence electrons. The van der Waals surface area contributed by atoms with Gasteiger partial charge in [0.05, 0.1) is 10.7 Å². The summed E-state index contributed by atoms with van der Waals surface area (Å²) in [4.78, 5) is 15.5. The number of nitrogens with zero attached hydrogens (tertiary/aromatic N) is 1. The second-order valence-corrected chi connectivity index (χ2v) is 4.23. The number of aryl methyl sites for hydroxylation is 1. The SMILES string of the molecule is Cc1nc(/C=C2\NC(=S)NC2=O)cs1. The number of hydrogen-bond acceptors (Lipinski definition) is 4. The maximum atomic E-state index is 11.2. The van der Waals surface area contributed by atoms with Crippen LogP contribution in [-0.2, 0) is 4.79 Å². The zero-order valence-electron chi connectivity index (χ0n) is 7.33. The van der Waals surface area contributed by atoms with Crippen molar-refractivity contribution in [3.05, 3.63) is 21.8 Å². The predicted molar refractivity (Wildman–Crippen MR) is 58.7 cm³/mol. The summed E-state index contributed by atoms with van der Waals surface area (Å²) in [5.74, 6) is -0.208. The second-order valence-electron chi connectivity index (χ2n) is 2.76. The van der Waals surface area contributed by atoms with E-state index in [0.29, 0.717) is 10.8 Å². The highest BCUT2D eigenvalue weighted by Crippen LogP contribution is 2.12. The van der Waals surface area contributed by atoms with Crippen molar-refractivity contribution in [2.45, 2.75) is 6.92 Å². The van der Waals surface area contributed by atoms with E-state index in [9.17, 15) is 4.79 Å². The third-order valence-electron chi connectivity index (χ3n) is 1.65. The summed E-state index contributed by atoms with van der Waals surface area (Å²) < 4.78 is 0. The van der Waals surface area contributed by atoms with Crippen molar-refractivity contribution in [2.24, 2.45) is 0 Å². The van der Waals surface area contributed by atoms with Gasteiger partial charge in [0.25, 0.3) is 5.91 Å². The lowest BCUT2D eigenvalue weighted by atomic mass is 10.3. The van der Waals surface area contributed by atoms with Crippen LogP contribution in [0.15, 0.2) is 11.1 Å². The minimum Gasteiger partial charge on any atom is -0.328 e. The first-order chi connectivity index (χ1) is 6.65. The molecule has 0 spiro atoms. The van der Waals surface area contributed by atoms with Crippen LogP contribution in [-0.4, -0.2) is 16.0 Å². The highest BCUT2D eigenvalue weighted by Gasteiger charge is 2.20. The van der Waals surface area contributed by atoms with E-state index in [2.05, 4.69) is 15.6 Å². The Labute approximate surface area is 90.0 Å². The van der Waals surface area contributed by atoms with Crippen LogP contribution in [0.4, 0.5) is 0 Å². The average Bonchev–Trinajstić information content (AvgIpc) is 2.61. The van der Waals surface area contributed by atoms with Crippen molar-refractivity contribution in [1.82, 2.24) is 15.6 Å². The smallest absolute Gasteiger partial charge is 0.273 e. The Kier molecular flexibility index (Phi) is 2.30. The van der Waals surface area contributed by atoms with Crippen LogP contribution in [0.3, 0.4) is 0 Å². The van der Waals surface area contributed by atoms with Crippen molar-refractivity contribution in [3.8, 4) is 0 Å². The molecule has 2 rings (SSSR count). The molecule has 0 aromatic carbocycles. The minimum absolute atomic E-state index is 0.208. The Morgan fingerprint density at radius 2 is 2.36 bits per heavy atom.